The molecule has 0 amide bonds. The number of hydrogen-bond donors (Lipinski definition) is 1. The Morgan fingerprint density at radius 1 is 1.40 bits per heavy atom. The van der Waals surface area contributed by atoms with Crippen molar-refractivity contribution in [2.24, 2.45) is 0 Å². The molecule has 0 aliphatic rings. The summed E-state index contributed by atoms with van der Waals surface area (Å²) in [6.45, 7) is 3.87. The van der Waals surface area contributed by atoms with Crippen LogP contribution in [-0.2, 0) is 0 Å². The number of nitrogen functional groups attached to an aromatic ring is 1. The molecule has 15 heavy (non-hydrogen) atoms. The first kappa shape index (κ1) is 10.1. The average Bonchev–Trinajstić information content (AvgIpc) is 2.59. The maximum atomic E-state index is 5.81. The molecular weight excluding hydrogens is 208 g/mol. The molecule has 0 bridgehead atoms. The molecule has 0 spiro atoms. The van der Waals surface area contributed by atoms with Crippen molar-refractivity contribution in [3.05, 3.63) is 35.9 Å². The molecule has 0 aliphatic carbocycles. The van der Waals surface area contributed by atoms with Crippen molar-refractivity contribution in [2.45, 2.75) is 23.8 Å². The minimum absolute atomic E-state index is 0.772. The maximum Gasteiger partial charge on any atom is 0.114 e. The largest absolute Gasteiger partial charge is 0.468 e. The predicted molar refractivity (Wildman–Crippen MR) is 61.0 cm³/mol. The van der Waals surface area contributed by atoms with E-state index in [2.05, 4.69) is 4.98 Å². The third-order valence-corrected chi connectivity index (χ3v) is 3.22. The lowest BCUT2D eigenvalue weighted by molar-refractivity contribution is 0.527. The standard InChI is InChI=1S/C11H12N2OS/c1-7-6-13-11(5-9(7)12)15-10-3-4-14-8(10)2/h3-6H,1-2H3,(H2,12,13). The van der Waals surface area contributed by atoms with Gasteiger partial charge in [-0.1, -0.05) is 11.8 Å². The Hall–Kier alpha value is -1.42. The van der Waals surface area contributed by atoms with Crippen LogP contribution in [0.4, 0.5) is 5.69 Å². The Kier molecular flexibility index (Phi) is 2.68. The Morgan fingerprint density at radius 2 is 2.20 bits per heavy atom. The van der Waals surface area contributed by atoms with Crippen LogP contribution >= 0.6 is 11.8 Å². The van der Waals surface area contributed by atoms with Crippen molar-refractivity contribution in [1.82, 2.24) is 4.98 Å². The molecule has 2 aromatic heterocycles. The van der Waals surface area contributed by atoms with E-state index >= 15 is 0 Å². The summed E-state index contributed by atoms with van der Waals surface area (Å²) < 4.78 is 5.21. The van der Waals surface area contributed by atoms with Gasteiger partial charge in [-0.2, -0.15) is 0 Å². The molecule has 0 radical (unpaired) electrons. The molecule has 0 saturated heterocycles. The van der Waals surface area contributed by atoms with Crippen LogP contribution < -0.4 is 5.73 Å². The molecule has 0 saturated carbocycles. The van der Waals surface area contributed by atoms with E-state index in [-0.39, 0.29) is 0 Å². The van der Waals surface area contributed by atoms with Gasteiger partial charge in [0.2, 0.25) is 0 Å². The van der Waals surface area contributed by atoms with E-state index in [0.29, 0.717) is 0 Å². The van der Waals surface area contributed by atoms with Gasteiger partial charge in [0, 0.05) is 11.9 Å². The molecule has 3 nitrogen and oxygen atoms in total. The van der Waals surface area contributed by atoms with Crippen molar-refractivity contribution < 1.29 is 4.42 Å². The van der Waals surface area contributed by atoms with Crippen molar-refractivity contribution in [2.75, 3.05) is 5.73 Å². The number of furan rings is 1. The van der Waals surface area contributed by atoms with Gasteiger partial charge in [-0.25, -0.2) is 4.98 Å². The number of aromatic nitrogens is 1. The van der Waals surface area contributed by atoms with Gasteiger partial charge in [0.1, 0.15) is 10.8 Å². The minimum atomic E-state index is 0.772. The predicted octanol–water partition coefficient (Wildman–Crippen LogP) is 3.02. The molecule has 0 aromatic carbocycles. The molecule has 2 aromatic rings. The molecule has 2 heterocycles. The number of nitrogens with zero attached hydrogens (tertiary/aromatic N) is 1. The van der Waals surface area contributed by atoms with Crippen LogP contribution in [0, 0.1) is 13.8 Å². The quantitative estimate of drug-likeness (QED) is 0.845. The highest BCUT2D eigenvalue weighted by Crippen LogP contribution is 2.30. The lowest BCUT2D eigenvalue weighted by Gasteiger charge is -2.02. The summed E-state index contributed by atoms with van der Waals surface area (Å²) in [6, 6.07) is 3.81. The summed E-state index contributed by atoms with van der Waals surface area (Å²) in [4.78, 5) is 5.37. The fourth-order valence-electron chi connectivity index (χ4n) is 1.17. The van der Waals surface area contributed by atoms with Crippen LogP contribution in [-0.4, -0.2) is 4.98 Å². The summed E-state index contributed by atoms with van der Waals surface area (Å²) in [5, 5.41) is 0.891. The van der Waals surface area contributed by atoms with E-state index in [4.69, 9.17) is 10.2 Å². The first-order chi connectivity index (χ1) is 7.16. The average molecular weight is 220 g/mol. The highest BCUT2D eigenvalue weighted by atomic mass is 32.2. The molecule has 2 rings (SSSR count). The summed E-state index contributed by atoms with van der Waals surface area (Å²) in [7, 11) is 0. The first-order valence-electron chi connectivity index (χ1n) is 4.61. The van der Waals surface area contributed by atoms with Crippen LogP contribution in [0.3, 0.4) is 0 Å². The number of pyridine rings is 1. The summed E-state index contributed by atoms with van der Waals surface area (Å²) in [6.07, 6.45) is 3.46. The smallest absolute Gasteiger partial charge is 0.114 e. The Bertz CT molecular complexity index is 479. The van der Waals surface area contributed by atoms with Crippen molar-refractivity contribution in [3.8, 4) is 0 Å². The summed E-state index contributed by atoms with van der Waals surface area (Å²) in [5.74, 6) is 0.904. The number of nitrogens with two attached hydrogens (primary N) is 1. The van der Waals surface area contributed by atoms with Gasteiger partial charge < -0.3 is 10.2 Å². The van der Waals surface area contributed by atoms with Gasteiger partial charge >= 0.3 is 0 Å². The number of anilines is 1. The van der Waals surface area contributed by atoms with Crippen molar-refractivity contribution in [1.29, 1.82) is 0 Å². The normalized spacial score (nSPS) is 10.5. The van der Waals surface area contributed by atoms with Gasteiger partial charge in [-0.15, -0.1) is 0 Å². The molecule has 0 atom stereocenters. The van der Waals surface area contributed by atoms with Crippen LogP contribution in [0.25, 0.3) is 0 Å². The lowest BCUT2D eigenvalue weighted by atomic mass is 10.3. The van der Waals surface area contributed by atoms with Crippen LogP contribution in [0.2, 0.25) is 0 Å². The van der Waals surface area contributed by atoms with Gasteiger partial charge in [-0.05, 0) is 31.5 Å². The third-order valence-electron chi connectivity index (χ3n) is 2.15. The van der Waals surface area contributed by atoms with Gasteiger partial charge in [0.15, 0.2) is 0 Å². The Labute approximate surface area is 92.7 Å². The fraction of sp³-hybridized carbons (Fsp3) is 0.182. The second-order valence-corrected chi connectivity index (χ2v) is 4.38. The second-order valence-electron chi connectivity index (χ2n) is 3.32. The SMILES string of the molecule is Cc1cnc(Sc2ccoc2C)cc1N. The third kappa shape index (κ3) is 2.15. The molecule has 4 heteroatoms. The monoisotopic (exact) mass is 220 g/mol. The number of aryl methyl sites for hydroxylation is 2. The number of rotatable bonds is 2. The van der Waals surface area contributed by atoms with E-state index in [1.54, 1.807) is 24.2 Å². The highest BCUT2D eigenvalue weighted by Gasteiger charge is 2.05. The van der Waals surface area contributed by atoms with E-state index in [0.717, 1.165) is 26.9 Å². The zero-order valence-electron chi connectivity index (χ0n) is 8.65. The topological polar surface area (TPSA) is 52.0 Å². The number of hydrogen-bond acceptors (Lipinski definition) is 4. The Morgan fingerprint density at radius 3 is 2.80 bits per heavy atom. The molecule has 0 fully saturated rings. The van der Waals surface area contributed by atoms with Gasteiger partial charge in [0.25, 0.3) is 0 Å². The molecule has 2 N–H and O–H groups in total. The van der Waals surface area contributed by atoms with E-state index in [9.17, 15) is 0 Å². The second kappa shape index (κ2) is 3.98. The zero-order valence-corrected chi connectivity index (χ0v) is 9.47. The highest BCUT2D eigenvalue weighted by molar-refractivity contribution is 7.99. The molecule has 0 unspecified atom stereocenters. The maximum absolute atomic E-state index is 5.81. The lowest BCUT2D eigenvalue weighted by Crippen LogP contribution is -1.91. The summed E-state index contributed by atoms with van der Waals surface area (Å²) in [5.41, 5.74) is 7.59. The molecule has 78 valence electrons. The van der Waals surface area contributed by atoms with E-state index < -0.39 is 0 Å². The Balaban J connectivity index is 2.25. The fourth-order valence-corrected chi connectivity index (χ4v) is 2.00. The van der Waals surface area contributed by atoms with Crippen LogP contribution in [0.1, 0.15) is 11.3 Å². The van der Waals surface area contributed by atoms with Crippen LogP contribution in [0.5, 0.6) is 0 Å². The summed E-state index contributed by atoms with van der Waals surface area (Å²) >= 11 is 1.56. The van der Waals surface area contributed by atoms with E-state index in [1.807, 2.05) is 26.0 Å². The molecular formula is C11H12N2OS. The minimum Gasteiger partial charge on any atom is -0.468 e. The van der Waals surface area contributed by atoms with Crippen LogP contribution in [0.15, 0.2) is 38.9 Å². The first-order valence-corrected chi connectivity index (χ1v) is 5.42. The van der Waals surface area contributed by atoms with Crippen molar-refractivity contribution in [3.63, 3.8) is 0 Å². The van der Waals surface area contributed by atoms with E-state index in [1.165, 1.54) is 0 Å². The van der Waals surface area contributed by atoms with Gasteiger partial charge in [-0.3, -0.25) is 0 Å². The molecule has 0 aliphatic heterocycles. The zero-order chi connectivity index (χ0) is 10.8. The van der Waals surface area contributed by atoms with Crippen molar-refractivity contribution >= 4 is 17.4 Å². The van der Waals surface area contributed by atoms with Gasteiger partial charge in [0.05, 0.1) is 11.2 Å².